The molecule has 0 saturated carbocycles. The Hall–Kier alpha value is -1.32. The summed E-state index contributed by atoms with van der Waals surface area (Å²) in [5, 5.41) is 2.06. The summed E-state index contributed by atoms with van der Waals surface area (Å²) in [6, 6.07) is -0.796. The summed E-state index contributed by atoms with van der Waals surface area (Å²) in [6.07, 6.45) is 3.88. The minimum atomic E-state index is -0.796. The van der Waals surface area contributed by atoms with E-state index in [0.717, 1.165) is 12.8 Å². The van der Waals surface area contributed by atoms with Gasteiger partial charge in [-0.2, -0.15) is 0 Å². The van der Waals surface area contributed by atoms with Gasteiger partial charge in [-0.1, -0.05) is 19.4 Å². The van der Waals surface area contributed by atoms with Gasteiger partial charge < -0.3 is 5.73 Å². The lowest BCUT2D eigenvalue weighted by Gasteiger charge is -2.11. The second-order valence-electron chi connectivity index (χ2n) is 2.86. The van der Waals surface area contributed by atoms with Gasteiger partial charge in [0.2, 0.25) is 5.91 Å². The van der Waals surface area contributed by atoms with Crippen LogP contribution in [0.15, 0.2) is 12.7 Å². The highest BCUT2D eigenvalue weighted by Crippen LogP contribution is 2.11. The Labute approximate surface area is 78.2 Å². The molecule has 4 nitrogen and oxygen atoms in total. The quantitative estimate of drug-likeness (QED) is 0.629. The van der Waals surface area contributed by atoms with Crippen LogP contribution < -0.4 is 11.1 Å². The third-order valence-corrected chi connectivity index (χ3v) is 1.71. The molecule has 0 rings (SSSR count). The number of hydrogen-bond donors (Lipinski definition) is 2. The highest BCUT2D eigenvalue weighted by Gasteiger charge is 2.16. The third-order valence-electron chi connectivity index (χ3n) is 1.71. The number of amides is 3. The Kier molecular flexibility index (Phi) is 5.59. The molecule has 0 aromatic carbocycles. The molecular weight excluding hydrogens is 168 g/mol. The SMILES string of the molecule is C=CCC(CCC)C(=O)NC(N)=O. The maximum atomic E-state index is 11.3. The first-order valence-corrected chi connectivity index (χ1v) is 4.33. The zero-order valence-electron chi connectivity index (χ0n) is 7.88. The summed E-state index contributed by atoms with van der Waals surface area (Å²) in [6.45, 7) is 5.53. The molecule has 0 heterocycles. The number of allylic oxidation sites excluding steroid dienone is 1. The number of carbonyl (C=O) groups excluding carboxylic acids is 2. The van der Waals surface area contributed by atoms with Gasteiger partial charge in [0, 0.05) is 5.92 Å². The van der Waals surface area contributed by atoms with E-state index in [1.165, 1.54) is 0 Å². The van der Waals surface area contributed by atoms with E-state index in [1.807, 2.05) is 6.92 Å². The number of nitrogens with two attached hydrogens (primary N) is 1. The van der Waals surface area contributed by atoms with Crippen LogP contribution in [0.1, 0.15) is 26.2 Å². The maximum Gasteiger partial charge on any atom is 0.318 e. The minimum Gasteiger partial charge on any atom is -0.351 e. The van der Waals surface area contributed by atoms with Crippen molar-refractivity contribution in [3.8, 4) is 0 Å². The molecule has 0 aromatic rings. The summed E-state index contributed by atoms with van der Waals surface area (Å²) in [7, 11) is 0. The fourth-order valence-electron chi connectivity index (χ4n) is 1.13. The van der Waals surface area contributed by atoms with E-state index in [9.17, 15) is 9.59 Å². The zero-order valence-corrected chi connectivity index (χ0v) is 7.88. The van der Waals surface area contributed by atoms with Gasteiger partial charge in [-0.15, -0.1) is 6.58 Å². The predicted octanol–water partition coefficient (Wildman–Crippen LogP) is 1.17. The molecule has 3 N–H and O–H groups in total. The first-order valence-electron chi connectivity index (χ1n) is 4.33. The van der Waals surface area contributed by atoms with Gasteiger partial charge >= 0.3 is 6.03 Å². The van der Waals surface area contributed by atoms with E-state index in [-0.39, 0.29) is 11.8 Å². The van der Waals surface area contributed by atoms with Gasteiger partial charge in [0.1, 0.15) is 0 Å². The largest absolute Gasteiger partial charge is 0.351 e. The van der Waals surface area contributed by atoms with Crippen LogP contribution in [0, 0.1) is 5.92 Å². The highest BCUT2D eigenvalue weighted by atomic mass is 16.2. The van der Waals surface area contributed by atoms with Gasteiger partial charge in [0.05, 0.1) is 0 Å². The molecule has 0 spiro atoms. The minimum absolute atomic E-state index is 0.185. The lowest BCUT2D eigenvalue weighted by Crippen LogP contribution is -2.39. The standard InChI is InChI=1S/C9H16N2O2/c1-3-5-7(6-4-2)8(12)11-9(10)13/h3,7H,1,4-6H2,2H3,(H3,10,11,12,13). The van der Waals surface area contributed by atoms with Crippen LogP contribution in [0.3, 0.4) is 0 Å². The molecule has 0 bridgehead atoms. The second kappa shape index (κ2) is 6.22. The summed E-state index contributed by atoms with van der Waals surface area (Å²) in [5.41, 5.74) is 4.83. The Morgan fingerprint density at radius 2 is 2.23 bits per heavy atom. The molecule has 0 aliphatic rings. The zero-order chi connectivity index (χ0) is 10.3. The topological polar surface area (TPSA) is 72.2 Å². The van der Waals surface area contributed by atoms with E-state index in [1.54, 1.807) is 6.08 Å². The van der Waals surface area contributed by atoms with Crippen molar-refractivity contribution in [2.24, 2.45) is 11.7 Å². The number of primary amides is 1. The van der Waals surface area contributed by atoms with Crippen LogP contribution in [0.25, 0.3) is 0 Å². The number of rotatable bonds is 5. The molecule has 4 heteroatoms. The van der Waals surface area contributed by atoms with E-state index in [4.69, 9.17) is 5.73 Å². The van der Waals surface area contributed by atoms with Crippen LogP contribution in [-0.2, 0) is 4.79 Å². The Morgan fingerprint density at radius 3 is 2.62 bits per heavy atom. The molecule has 1 unspecified atom stereocenters. The van der Waals surface area contributed by atoms with Crippen molar-refractivity contribution >= 4 is 11.9 Å². The number of hydrogen-bond acceptors (Lipinski definition) is 2. The summed E-state index contributed by atoms with van der Waals surface area (Å²) in [4.78, 5) is 21.7. The Bertz CT molecular complexity index is 202. The molecule has 0 aliphatic carbocycles. The maximum absolute atomic E-state index is 11.3. The second-order valence-corrected chi connectivity index (χ2v) is 2.86. The first-order chi connectivity index (χ1) is 6.11. The van der Waals surface area contributed by atoms with Crippen molar-refractivity contribution in [3.05, 3.63) is 12.7 Å². The summed E-state index contributed by atoms with van der Waals surface area (Å²) in [5.74, 6) is -0.496. The molecule has 0 saturated heterocycles. The Morgan fingerprint density at radius 1 is 1.62 bits per heavy atom. The highest BCUT2D eigenvalue weighted by molar-refractivity contribution is 5.94. The first kappa shape index (κ1) is 11.7. The van der Waals surface area contributed by atoms with Gasteiger partial charge in [-0.05, 0) is 12.8 Å². The van der Waals surface area contributed by atoms with Crippen LogP contribution in [0.5, 0.6) is 0 Å². The van der Waals surface area contributed by atoms with Crippen molar-refractivity contribution in [2.45, 2.75) is 26.2 Å². The number of nitrogens with one attached hydrogen (secondary N) is 1. The van der Waals surface area contributed by atoms with E-state index >= 15 is 0 Å². The van der Waals surface area contributed by atoms with Crippen molar-refractivity contribution < 1.29 is 9.59 Å². The smallest absolute Gasteiger partial charge is 0.318 e. The summed E-state index contributed by atoms with van der Waals surface area (Å²) >= 11 is 0. The molecule has 1 atom stereocenters. The summed E-state index contributed by atoms with van der Waals surface area (Å²) < 4.78 is 0. The van der Waals surface area contributed by atoms with Crippen molar-refractivity contribution in [1.82, 2.24) is 5.32 Å². The molecule has 0 fully saturated rings. The van der Waals surface area contributed by atoms with Gasteiger partial charge in [0.25, 0.3) is 0 Å². The van der Waals surface area contributed by atoms with Crippen molar-refractivity contribution in [2.75, 3.05) is 0 Å². The number of urea groups is 1. The van der Waals surface area contributed by atoms with Crippen LogP contribution in [0.2, 0.25) is 0 Å². The average molecular weight is 184 g/mol. The predicted molar refractivity (Wildman–Crippen MR) is 50.9 cm³/mol. The van der Waals surface area contributed by atoms with Crippen LogP contribution >= 0.6 is 0 Å². The number of carbonyl (C=O) groups is 2. The lowest BCUT2D eigenvalue weighted by atomic mass is 9.99. The van der Waals surface area contributed by atoms with E-state index < -0.39 is 6.03 Å². The molecule has 13 heavy (non-hydrogen) atoms. The van der Waals surface area contributed by atoms with E-state index in [0.29, 0.717) is 6.42 Å². The third kappa shape index (κ3) is 5.00. The van der Waals surface area contributed by atoms with Crippen LogP contribution in [0.4, 0.5) is 4.79 Å². The molecule has 0 aliphatic heterocycles. The lowest BCUT2D eigenvalue weighted by molar-refractivity contribution is -0.123. The van der Waals surface area contributed by atoms with E-state index in [2.05, 4.69) is 11.9 Å². The molecule has 0 radical (unpaired) electrons. The Balaban J connectivity index is 4.09. The normalized spacial score (nSPS) is 11.8. The van der Waals surface area contributed by atoms with Crippen molar-refractivity contribution in [1.29, 1.82) is 0 Å². The molecular formula is C9H16N2O2. The monoisotopic (exact) mass is 184 g/mol. The van der Waals surface area contributed by atoms with Crippen molar-refractivity contribution in [3.63, 3.8) is 0 Å². The number of imide groups is 1. The fraction of sp³-hybridized carbons (Fsp3) is 0.556. The van der Waals surface area contributed by atoms with Gasteiger partial charge in [-0.25, -0.2) is 4.79 Å². The molecule has 74 valence electrons. The molecule has 0 aromatic heterocycles. The fourth-order valence-corrected chi connectivity index (χ4v) is 1.13. The van der Waals surface area contributed by atoms with Gasteiger partial charge in [0.15, 0.2) is 0 Å². The average Bonchev–Trinajstić information content (AvgIpc) is 2.02. The van der Waals surface area contributed by atoms with Gasteiger partial charge in [-0.3, -0.25) is 10.1 Å². The van der Waals surface area contributed by atoms with Crippen LogP contribution in [-0.4, -0.2) is 11.9 Å². The molecule has 3 amide bonds.